The van der Waals surface area contributed by atoms with Gasteiger partial charge in [-0.2, -0.15) is 0 Å². The summed E-state index contributed by atoms with van der Waals surface area (Å²) in [5, 5.41) is 4.56. The number of hydrogen-bond donors (Lipinski definition) is 1. The lowest BCUT2D eigenvalue weighted by Crippen LogP contribution is -2.38. The van der Waals surface area contributed by atoms with Gasteiger partial charge in [-0.25, -0.2) is 0 Å². The highest BCUT2D eigenvalue weighted by molar-refractivity contribution is 6.30. The summed E-state index contributed by atoms with van der Waals surface area (Å²) in [6.07, 6.45) is 5.13. The lowest BCUT2D eigenvalue weighted by Gasteiger charge is -2.25. The third-order valence-corrected chi connectivity index (χ3v) is 4.24. The summed E-state index contributed by atoms with van der Waals surface area (Å²) in [5.74, 6) is 1.72. The Kier molecular flexibility index (Phi) is 5.08. The molecule has 0 bridgehead atoms. The van der Waals surface area contributed by atoms with E-state index in [1.165, 1.54) is 24.8 Å². The van der Waals surface area contributed by atoms with Gasteiger partial charge >= 0.3 is 0 Å². The van der Waals surface area contributed by atoms with Gasteiger partial charge in [0.2, 0.25) is 0 Å². The van der Waals surface area contributed by atoms with Crippen molar-refractivity contribution in [3.8, 4) is 0 Å². The van der Waals surface area contributed by atoms with Gasteiger partial charge in [-0.3, -0.25) is 0 Å². The Morgan fingerprint density at radius 2 is 2.17 bits per heavy atom. The minimum atomic E-state index is 0.593. The topological polar surface area (TPSA) is 12.0 Å². The SMILES string of the molecule is CCCNC(Cc1cccc(Cl)c1)C(C)C1CC1. The van der Waals surface area contributed by atoms with Crippen LogP contribution in [-0.2, 0) is 6.42 Å². The Morgan fingerprint density at radius 3 is 2.78 bits per heavy atom. The van der Waals surface area contributed by atoms with Crippen LogP contribution in [0.25, 0.3) is 0 Å². The average Bonchev–Trinajstić information content (AvgIpc) is 3.18. The van der Waals surface area contributed by atoms with Crippen LogP contribution in [-0.4, -0.2) is 12.6 Å². The van der Waals surface area contributed by atoms with Gasteiger partial charge in [0.05, 0.1) is 0 Å². The first-order chi connectivity index (χ1) is 8.70. The fraction of sp³-hybridized carbons (Fsp3) is 0.625. The van der Waals surface area contributed by atoms with Crippen molar-refractivity contribution in [1.82, 2.24) is 5.32 Å². The Morgan fingerprint density at radius 1 is 1.39 bits per heavy atom. The van der Waals surface area contributed by atoms with Crippen LogP contribution >= 0.6 is 11.6 Å². The average molecular weight is 266 g/mol. The zero-order chi connectivity index (χ0) is 13.0. The normalized spacial score (nSPS) is 18.6. The summed E-state index contributed by atoms with van der Waals surface area (Å²) in [6, 6.07) is 8.88. The zero-order valence-electron chi connectivity index (χ0n) is 11.5. The molecule has 0 heterocycles. The fourth-order valence-corrected chi connectivity index (χ4v) is 2.85. The number of halogens is 1. The van der Waals surface area contributed by atoms with Crippen LogP contribution < -0.4 is 5.32 Å². The number of nitrogens with one attached hydrogen (secondary N) is 1. The predicted octanol–water partition coefficient (Wildman–Crippen LogP) is 4.30. The molecule has 0 aromatic heterocycles. The molecule has 1 aliphatic carbocycles. The molecule has 1 aromatic carbocycles. The molecule has 1 N–H and O–H groups in total. The molecular formula is C16H24ClN. The summed E-state index contributed by atoms with van der Waals surface area (Å²) in [6.45, 7) is 5.74. The molecule has 0 spiro atoms. The second-order valence-corrected chi connectivity index (χ2v) is 6.03. The molecule has 18 heavy (non-hydrogen) atoms. The number of rotatable bonds is 7. The highest BCUT2D eigenvalue weighted by atomic mass is 35.5. The molecule has 1 fully saturated rings. The van der Waals surface area contributed by atoms with Gasteiger partial charge in [-0.05, 0) is 61.8 Å². The summed E-state index contributed by atoms with van der Waals surface area (Å²) in [7, 11) is 0. The van der Waals surface area contributed by atoms with Gasteiger partial charge in [0, 0.05) is 11.1 Å². The van der Waals surface area contributed by atoms with Crippen LogP contribution in [0.15, 0.2) is 24.3 Å². The van der Waals surface area contributed by atoms with E-state index in [0.29, 0.717) is 6.04 Å². The monoisotopic (exact) mass is 265 g/mol. The molecule has 2 rings (SSSR count). The van der Waals surface area contributed by atoms with Gasteiger partial charge in [0.25, 0.3) is 0 Å². The Balaban J connectivity index is 1.99. The molecule has 2 atom stereocenters. The molecule has 1 nitrogen and oxygen atoms in total. The van der Waals surface area contributed by atoms with Crippen LogP contribution in [0.1, 0.15) is 38.7 Å². The van der Waals surface area contributed by atoms with Gasteiger partial charge < -0.3 is 5.32 Å². The minimum Gasteiger partial charge on any atom is -0.313 e. The van der Waals surface area contributed by atoms with Crippen LogP contribution in [0.5, 0.6) is 0 Å². The Bertz CT molecular complexity index is 373. The van der Waals surface area contributed by atoms with E-state index in [2.05, 4.69) is 37.4 Å². The first-order valence-corrected chi connectivity index (χ1v) is 7.56. The largest absolute Gasteiger partial charge is 0.313 e. The molecule has 100 valence electrons. The molecule has 0 aliphatic heterocycles. The highest BCUT2D eigenvalue weighted by Gasteiger charge is 2.32. The zero-order valence-corrected chi connectivity index (χ0v) is 12.2. The van der Waals surface area contributed by atoms with Crippen LogP contribution in [0.3, 0.4) is 0 Å². The Labute approximate surface area is 116 Å². The molecule has 0 saturated heterocycles. The van der Waals surface area contributed by atoms with Crippen molar-refractivity contribution in [3.63, 3.8) is 0 Å². The lowest BCUT2D eigenvalue weighted by molar-refractivity contribution is 0.339. The molecule has 1 aromatic rings. The van der Waals surface area contributed by atoms with E-state index in [1.54, 1.807) is 0 Å². The first-order valence-electron chi connectivity index (χ1n) is 7.18. The minimum absolute atomic E-state index is 0.593. The molecular weight excluding hydrogens is 242 g/mol. The van der Waals surface area contributed by atoms with Crippen molar-refractivity contribution in [1.29, 1.82) is 0 Å². The van der Waals surface area contributed by atoms with Crippen LogP contribution in [0, 0.1) is 11.8 Å². The molecule has 2 heteroatoms. The van der Waals surface area contributed by atoms with E-state index in [4.69, 9.17) is 11.6 Å². The van der Waals surface area contributed by atoms with E-state index in [-0.39, 0.29) is 0 Å². The van der Waals surface area contributed by atoms with E-state index in [9.17, 15) is 0 Å². The summed E-state index contributed by atoms with van der Waals surface area (Å²) in [5.41, 5.74) is 1.35. The third-order valence-electron chi connectivity index (χ3n) is 4.00. The van der Waals surface area contributed by atoms with Crippen LogP contribution in [0.2, 0.25) is 5.02 Å². The maximum absolute atomic E-state index is 6.07. The van der Waals surface area contributed by atoms with Gasteiger partial charge in [0.15, 0.2) is 0 Å². The van der Waals surface area contributed by atoms with Crippen molar-refractivity contribution < 1.29 is 0 Å². The summed E-state index contributed by atoms with van der Waals surface area (Å²) >= 11 is 6.07. The fourth-order valence-electron chi connectivity index (χ4n) is 2.64. The second-order valence-electron chi connectivity index (χ2n) is 5.59. The van der Waals surface area contributed by atoms with Gasteiger partial charge in [-0.1, -0.05) is 37.6 Å². The summed E-state index contributed by atoms with van der Waals surface area (Å²) in [4.78, 5) is 0. The van der Waals surface area contributed by atoms with Crippen molar-refractivity contribution >= 4 is 11.6 Å². The van der Waals surface area contributed by atoms with E-state index < -0.39 is 0 Å². The van der Waals surface area contributed by atoms with Crippen molar-refractivity contribution in [2.45, 2.75) is 45.6 Å². The van der Waals surface area contributed by atoms with Gasteiger partial charge in [-0.15, -0.1) is 0 Å². The molecule has 0 radical (unpaired) electrons. The summed E-state index contributed by atoms with van der Waals surface area (Å²) < 4.78 is 0. The molecule has 0 amide bonds. The number of benzene rings is 1. The second kappa shape index (κ2) is 6.58. The van der Waals surface area contributed by atoms with Crippen molar-refractivity contribution in [2.75, 3.05) is 6.54 Å². The quantitative estimate of drug-likeness (QED) is 0.775. The molecule has 1 saturated carbocycles. The van der Waals surface area contributed by atoms with E-state index >= 15 is 0 Å². The molecule has 1 aliphatic rings. The van der Waals surface area contributed by atoms with Crippen molar-refractivity contribution in [3.05, 3.63) is 34.9 Å². The van der Waals surface area contributed by atoms with E-state index in [0.717, 1.165) is 29.8 Å². The van der Waals surface area contributed by atoms with E-state index in [1.807, 2.05) is 6.07 Å². The molecule has 2 unspecified atom stereocenters. The maximum Gasteiger partial charge on any atom is 0.0408 e. The lowest BCUT2D eigenvalue weighted by atomic mass is 9.91. The smallest absolute Gasteiger partial charge is 0.0408 e. The standard InChI is InChI=1S/C16H24ClN/c1-3-9-18-16(12(2)14-7-8-14)11-13-5-4-6-15(17)10-13/h4-6,10,12,14,16,18H,3,7-9,11H2,1-2H3. The third kappa shape index (κ3) is 4.00. The number of hydrogen-bond acceptors (Lipinski definition) is 1. The highest BCUT2D eigenvalue weighted by Crippen LogP contribution is 2.38. The van der Waals surface area contributed by atoms with Crippen molar-refractivity contribution in [2.24, 2.45) is 11.8 Å². The Hall–Kier alpha value is -0.530. The predicted molar refractivity (Wildman–Crippen MR) is 79.1 cm³/mol. The maximum atomic E-state index is 6.07. The first kappa shape index (κ1) is 13.9. The van der Waals surface area contributed by atoms with Crippen LogP contribution in [0.4, 0.5) is 0 Å². The van der Waals surface area contributed by atoms with Gasteiger partial charge in [0.1, 0.15) is 0 Å².